The van der Waals surface area contributed by atoms with E-state index in [4.69, 9.17) is 22.3 Å². The molecule has 8 nitrogen and oxygen atoms in total. The Kier molecular flexibility index (Phi) is 4.71. The molecule has 2 aromatic heterocycles. The van der Waals surface area contributed by atoms with E-state index in [1.165, 1.54) is 0 Å². The predicted molar refractivity (Wildman–Crippen MR) is 122 cm³/mol. The highest BCUT2D eigenvalue weighted by molar-refractivity contribution is 6.35. The summed E-state index contributed by atoms with van der Waals surface area (Å²) in [6.45, 7) is 0.586. The zero-order chi connectivity index (χ0) is 21.5. The third-order valence-electron chi connectivity index (χ3n) is 5.43. The maximum absolute atomic E-state index is 11.9. The normalized spacial score (nSPS) is 16.3. The number of halogens is 1. The number of likely N-dealkylation sites (tertiary alicyclic amines) is 1. The van der Waals surface area contributed by atoms with Crippen LogP contribution in [0.1, 0.15) is 6.42 Å². The highest BCUT2D eigenvalue weighted by Crippen LogP contribution is 2.36. The molecule has 1 amide bonds. The number of nitrogen functional groups attached to an aromatic ring is 1. The first-order valence-corrected chi connectivity index (χ1v) is 10.2. The average molecular weight is 434 g/mol. The molecule has 0 saturated carbocycles. The van der Waals surface area contributed by atoms with E-state index in [9.17, 15) is 4.79 Å². The number of anilines is 2. The van der Waals surface area contributed by atoms with Crippen LogP contribution in [-0.2, 0) is 4.79 Å². The van der Waals surface area contributed by atoms with Crippen molar-refractivity contribution in [2.75, 3.05) is 24.6 Å². The molecule has 1 saturated heterocycles. The van der Waals surface area contributed by atoms with Gasteiger partial charge in [0.2, 0.25) is 5.91 Å². The number of fused-ring (bicyclic) bond motifs is 1. The number of aromatic amines is 1. The van der Waals surface area contributed by atoms with Gasteiger partial charge >= 0.3 is 0 Å². The van der Waals surface area contributed by atoms with Gasteiger partial charge in [0, 0.05) is 36.5 Å². The van der Waals surface area contributed by atoms with Crippen LogP contribution in [0.15, 0.2) is 48.7 Å². The predicted octanol–water partition coefficient (Wildman–Crippen LogP) is 3.57. The zero-order valence-corrected chi connectivity index (χ0v) is 17.5. The number of benzene rings is 2. The number of hydrogen-bond acceptors (Lipinski definition) is 6. The summed E-state index contributed by atoms with van der Waals surface area (Å²) in [5, 5.41) is 11.7. The van der Waals surface area contributed by atoms with Crippen molar-refractivity contribution >= 4 is 40.0 Å². The number of H-pyrrole nitrogens is 1. The van der Waals surface area contributed by atoms with Gasteiger partial charge in [0.25, 0.3) is 0 Å². The SMILES string of the molecule is CN1CC(Nc2nc(-c3cc(Cl)c4[nH]ncc4c3)c(-c3ccccc3)nc2N)CC1=O. The Bertz CT molecular complexity index is 1290. The van der Waals surface area contributed by atoms with Gasteiger partial charge in [-0.2, -0.15) is 5.10 Å². The summed E-state index contributed by atoms with van der Waals surface area (Å²) in [6.07, 6.45) is 2.11. The van der Waals surface area contributed by atoms with Crippen molar-refractivity contribution in [2.45, 2.75) is 12.5 Å². The summed E-state index contributed by atoms with van der Waals surface area (Å²) in [5.74, 6) is 0.814. The van der Waals surface area contributed by atoms with E-state index in [-0.39, 0.29) is 17.8 Å². The Morgan fingerprint density at radius 2 is 1.94 bits per heavy atom. The number of amides is 1. The second-order valence-corrected chi connectivity index (χ2v) is 8.04. The number of nitrogens with one attached hydrogen (secondary N) is 2. The molecule has 1 fully saturated rings. The summed E-state index contributed by atoms with van der Waals surface area (Å²) in [6, 6.07) is 13.5. The molecule has 5 rings (SSSR count). The molecule has 9 heteroatoms. The van der Waals surface area contributed by atoms with Crippen molar-refractivity contribution < 1.29 is 4.79 Å². The van der Waals surface area contributed by atoms with Crippen LogP contribution in [-0.4, -0.2) is 50.6 Å². The van der Waals surface area contributed by atoms with E-state index in [1.54, 1.807) is 18.1 Å². The van der Waals surface area contributed by atoms with Gasteiger partial charge < -0.3 is 16.0 Å². The van der Waals surface area contributed by atoms with Crippen LogP contribution < -0.4 is 11.1 Å². The van der Waals surface area contributed by atoms with E-state index < -0.39 is 0 Å². The Morgan fingerprint density at radius 1 is 1.16 bits per heavy atom. The fraction of sp³-hybridized carbons (Fsp3) is 0.182. The molecule has 0 bridgehead atoms. The van der Waals surface area contributed by atoms with Crippen LogP contribution >= 0.6 is 11.6 Å². The van der Waals surface area contributed by atoms with Crippen molar-refractivity contribution in [2.24, 2.45) is 0 Å². The fourth-order valence-electron chi connectivity index (χ4n) is 3.86. The molecule has 1 atom stereocenters. The summed E-state index contributed by atoms with van der Waals surface area (Å²) in [7, 11) is 1.78. The Morgan fingerprint density at radius 3 is 2.68 bits per heavy atom. The van der Waals surface area contributed by atoms with Crippen LogP contribution in [0.5, 0.6) is 0 Å². The molecular formula is C22H20ClN7O. The number of likely N-dealkylation sites (N-methyl/N-ethyl adjacent to an activating group) is 1. The van der Waals surface area contributed by atoms with Crippen LogP contribution in [0.4, 0.5) is 11.6 Å². The molecule has 0 aliphatic carbocycles. The second-order valence-electron chi connectivity index (χ2n) is 7.63. The molecule has 3 heterocycles. The number of nitrogens with two attached hydrogens (primary N) is 1. The minimum Gasteiger partial charge on any atom is -0.381 e. The standard InChI is InChI=1S/C22H20ClN7O/c1-30-11-15(9-17(30)31)26-22-21(24)27-19(12-5-3-2-4-6-12)20(28-22)13-7-14-10-25-29-18(14)16(23)8-13/h2-8,10,15H,9,11H2,1H3,(H2,24,27)(H,25,29)(H,26,28). The maximum Gasteiger partial charge on any atom is 0.224 e. The molecule has 0 radical (unpaired) electrons. The lowest BCUT2D eigenvalue weighted by Crippen LogP contribution is -2.25. The van der Waals surface area contributed by atoms with Crippen molar-refractivity contribution in [3.05, 3.63) is 53.7 Å². The van der Waals surface area contributed by atoms with Crippen molar-refractivity contribution in [1.29, 1.82) is 0 Å². The molecular weight excluding hydrogens is 414 g/mol. The number of carbonyl (C=O) groups is 1. The maximum atomic E-state index is 11.9. The van der Waals surface area contributed by atoms with Crippen LogP contribution in [0, 0.1) is 0 Å². The molecule has 31 heavy (non-hydrogen) atoms. The summed E-state index contributed by atoms with van der Waals surface area (Å²) in [5.41, 5.74) is 10.0. The molecule has 156 valence electrons. The Balaban J connectivity index is 1.65. The third kappa shape index (κ3) is 3.55. The molecule has 4 N–H and O–H groups in total. The van der Waals surface area contributed by atoms with Crippen molar-refractivity contribution in [3.63, 3.8) is 0 Å². The van der Waals surface area contributed by atoms with Crippen molar-refractivity contribution in [1.82, 2.24) is 25.1 Å². The topological polar surface area (TPSA) is 113 Å². The Hall–Kier alpha value is -3.65. The van der Waals surface area contributed by atoms with Gasteiger partial charge in [0.05, 0.1) is 34.2 Å². The monoisotopic (exact) mass is 433 g/mol. The number of carbonyl (C=O) groups excluding carboxylic acids is 1. The largest absolute Gasteiger partial charge is 0.381 e. The molecule has 2 aromatic carbocycles. The lowest BCUT2D eigenvalue weighted by Gasteiger charge is -2.17. The van der Waals surface area contributed by atoms with Crippen LogP contribution in [0.2, 0.25) is 5.02 Å². The second kappa shape index (κ2) is 7.55. The summed E-state index contributed by atoms with van der Waals surface area (Å²) in [4.78, 5) is 23.1. The van der Waals surface area contributed by atoms with Gasteiger partial charge in [-0.25, -0.2) is 9.97 Å². The highest BCUT2D eigenvalue weighted by Gasteiger charge is 2.28. The first kappa shape index (κ1) is 19.3. The minimum atomic E-state index is -0.0792. The number of rotatable bonds is 4. The fourth-order valence-corrected chi connectivity index (χ4v) is 4.13. The minimum absolute atomic E-state index is 0.0792. The van der Waals surface area contributed by atoms with E-state index >= 15 is 0 Å². The lowest BCUT2D eigenvalue weighted by molar-refractivity contribution is -0.126. The van der Waals surface area contributed by atoms with Gasteiger partial charge in [-0.3, -0.25) is 9.89 Å². The van der Waals surface area contributed by atoms with E-state index in [0.717, 1.165) is 22.0 Å². The smallest absolute Gasteiger partial charge is 0.224 e. The van der Waals surface area contributed by atoms with Crippen LogP contribution in [0.25, 0.3) is 33.4 Å². The van der Waals surface area contributed by atoms with Gasteiger partial charge in [-0.1, -0.05) is 41.9 Å². The summed E-state index contributed by atoms with van der Waals surface area (Å²) < 4.78 is 0. The van der Waals surface area contributed by atoms with Crippen molar-refractivity contribution in [3.8, 4) is 22.5 Å². The van der Waals surface area contributed by atoms with Gasteiger partial charge in [0.15, 0.2) is 11.6 Å². The van der Waals surface area contributed by atoms with E-state index in [1.807, 2.05) is 42.5 Å². The molecule has 1 unspecified atom stereocenters. The number of aromatic nitrogens is 4. The first-order chi connectivity index (χ1) is 15.0. The first-order valence-electron chi connectivity index (χ1n) is 9.86. The van der Waals surface area contributed by atoms with E-state index in [2.05, 4.69) is 20.5 Å². The quantitative estimate of drug-likeness (QED) is 0.453. The summed E-state index contributed by atoms with van der Waals surface area (Å²) >= 11 is 6.49. The lowest BCUT2D eigenvalue weighted by atomic mass is 10.0. The molecule has 1 aliphatic rings. The number of nitrogens with zero attached hydrogens (tertiary/aromatic N) is 4. The zero-order valence-electron chi connectivity index (χ0n) is 16.8. The highest BCUT2D eigenvalue weighted by atomic mass is 35.5. The molecule has 1 aliphatic heterocycles. The Labute approximate surface area is 183 Å². The van der Waals surface area contributed by atoms with Gasteiger partial charge in [-0.05, 0) is 12.1 Å². The van der Waals surface area contributed by atoms with Gasteiger partial charge in [0.1, 0.15) is 0 Å². The molecule has 0 spiro atoms. The molecule has 4 aromatic rings. The van der Waals surface area contributed by atoms with Crippen LogP contribution in [0.3, 0.4) is 0 Å². The van der Waals surface area contributed by atoms with E-state index in [0.29, 0.717) is 35.2 Å². The third-order valence-corrected chi connectivity index (χ3v) is 5.72. The van der Waals surface area contributed by atoms with Gasteiger partial charge in [-0.15, -0.1) is 0 Å². The average Bonchev–Trinajstić information content (AvgIpc) is 3.36. The number of hydrogen-bond donors (Lipinski definition) is 3.